The van der Waals surface area contributed by atoms with Crippen LogP contribution in [0, 0.1) is 17.8 Å². The van der Waals surface area contributed by atoms with Crippen LogP contribution in [0.1, 0.15) is 44.6 Å². The van der Waals surface area contributed by atoms with Crippen molar-refractivity contribution in [2.75, 3.05) is 6.61 Å². The van der Waals surface area contributed by atoms with Gasteiger partial charge in [-0.1, -0.05) is 49.3 Å². The van der Waals surface area contributed by atoms with Crippen LogP contribution in [0.15, 0.2) is 36.5 Å². The van der Waals surface area contributed by atoms with Crippen molar-refractivity contribution in [3.8, 4) is 11.8 Å². The molecule has 1 aliphatic carbocycles. The lowest BCUT2D eigenvalue weighted by Crippen LogP contribution is -2.03. The molecule has 4 rings (SSSR count). The first kappa shape index (κ1) is 16.2. The van der Waals surface area contributed by atoms with Crippen LogP contribution in [0.2, 0.25) is 0 Å². The minimum atomic E-state index is 0.528. The third-order valence-corrected chi connectivity index (χ3v) is 5.06. The molecule has 1 aromatic carbocycles. The summed E-state index contributed by atoms with van der Waals surface area (Å²) in [4.78, 5) is 4.72. The fourth-order valence-corrected chi connectivity index (χ4v) is 3.74. The molecule has 2 aromatic heterocycles. The van der Waals surface area contributed by atoms with Gasteiger partial charge in [0.15, 0.2) is 0 Å². The molecule has 1 fully saturated rings. The molecule has 25 heavy (non-hydrogen) atoms. The van der Waals surface area contributed by atoms with E-state index in [1.807, 2.05) is 13.1 Å². The molecule has 0 atom stereocenters. The van der Waals surface area contributed by atoms with Gasteiger partial charge in [-0.3, -0.25) is 0 Å². The Morgan fingerprint density at radius 2 is 2.00 bits per heavy atom. The summed E-state index contributed by atoms with van der Waals surface area (Å²) in [5, 5.41) is 2.37. The van der Waals surface area contributed by atoms with Gasteiger partial charge in [-0.15, -0.1) is 0 Å². The van der Waals surface area contributed by atoms with E-state index >= 15 is 0 Å². The smallest absolute Gasteiger partial charge is 0.142 e. The second-order valence-corrected chi connectivity index (χ2v) is 6.77. The Morgan fingerprint density at radius 1 is 1.16 bits per heavy atom. The Labute approximate surface area is 149 Å². The number of hydrogen-bond acceptors (Lipinski definition) is 2. The van der Waals surface area contributed by atoms with Crippen LogP contribution in [-0.4, -0.2) is 16.2 Å². The van der Waals surface area contributed by atoms with E-state index in [0.29, 0.717) is 19.3 Å². The molecule has 2 heterocycles. The predicted octanol–water partition coefficient (Wildman–Crippen LogP) is 5.12. The average molecular weight is 332 g/mol. The molecule has 0 N–H and O–H groups in total. The largest absolute Gasteiger partial charge is 0.361 e. The molecule has 0 radical (unpaired) electrons. The molecule has 1 aliphatic rings. The summed E-state index contributed by atoms with van der Waals surface area (Å²) in [6.07, 6.45) is 8.40. The zero-order valence-electron chi connectivity index (χ0n) is 14.8. The molecule has 0 saturated heterocycles. The van der Waals surface area contributed by atoms with Crippen molar-refractivity contribution in [1.82, 2.24) is 9.55 Å². The molecule has 0 bridgehead atoms. The molecule has 0 unspecified atom stereocenters. The lowest BCUT2D eigenvalue weighted by atomic mass is 9.90. The lowest BCUT2D eigenvalue weighted by molar-refractivity contribution is 0.0932. The van der Waals surface area contributed by atoms with E-state index in [0.717, 1.165) is 22.1 Å². The van der Waals surface area contributed by atoms with Crippen LogP contribution in [-0.2, 0) is 11.5 Å². The summed E-state index contributed by atoms with van der Waals surface area (Å²) in [7, 11) is 0. The molecule has 0 aliphatic heterocycles. The topological polar surface area (TPSA) is 27.1 Å². The minimum absolute atomic E-state index is 0.528. The number of ether oxygens (including phenoxy) is 1. The fraction of sp³-hybridized carbons (Fsp3) is 0.409. The number of rotatable bonds is 3. The Morgan fingerprint density at radius 3 is 2.84 bits per heavy atom. The Hall–Kier alpha value is -2.31. The predicted molar refractivity (Wildman–Crippen MR) is 102 cm³/mol. The van der Waals surface area contributed by atoms with Gasteiger partial charge in [0.25, 0.3) is 0 Å². The first-order valence-electron chi connectivity index (χ1n) is 9.33. The number of pyridine rings is 1. The molecule has 3 nitrogen and oxygen atoms in total. The van der Waals surface area contributed by atoms with Gasteiger partial charge in [-0.05, 0) is 31.9 Å². The van der Waals surface area contributed by atoms with E-state index in [1.165, 1.54) is 37.5 Å². The van der Waals surface area contributed by atoms with E-state index in [2.05, 4.69) is 46.7 Å². The van der Waals surface area contributed by atoms with Crippen molar-refractivity contribution in [1.29, 1.82) is 0 Å². The van der Waals surface area contributed by atoms with Gasteiger partial charge in [-0.25, -0.2) is 4.98 Å². The standard InChI is InChI=1S/C22H24N2O/c1-2-25-16-24-21-11-7-6-10-19(21)20-14-18(15-23-22(20)24)13-12-17-8-4-3-5-9-17/h6-7,10-11,14-15,17H,2-5,8-9,16H2,1H3. The summed E-state index contributed by atoms with van der Waals surface area (Å²) >= 11 is 0. The number of benzene rings is 1. The summed E-state index contributed by atoms with van der Waals surface area (Å²) in [6.45, 7) is 3.24. The van der Waals surface area contributed by atoms with Gasteiger partial charge < -0.3 is 9.30 Å². The van der Waals surface area contributed by atoms with E-state index in [4.69, 9.17) is 9.72 Å². The van der Waals surface area contributed by atoms with E-state index in [1.54, 1.807) is 0 Å². The van der Waals surface area contributed by atoms with Crippen LogP contribution >= 0.6 is 0 Å². The van der Waals surface area contributed by atoms with Gasteiger partial charge in [0.05, 0.1) is 5.52 Å². The molecule has 3 heteroatoms. The van der Waals surface area contributed by atoms with Gasteiger partial charge in [0.2, 0.25) is 0 Å². The maximum absolute atomic E-state index is 5.65. The SMILES string of the molecule is CCOCn1c2ccccc2c2cc(C#CC3CCCCC3)cnc21. The van der Waals surface area contributed by atoms with Crippen LogP contribution in [0.4, 0.5) is 0 Å². The highest BCUT2D eigenvalue weighted by molar-refractivity contribution is 6.06. The second kappa shape index (κ2) is 7.29. The van der Waals surface area contributed by atoms with Crippen LogP contribution in [0.25, 0.3) is 21.9 Å². The van der Waals surface area contributed by atoms with Crippen LogP contribution < -0.4 is 0 Å². The van der Waals surface area contributed by atoms with E-state index in [-0.39, 0.29) is 0 Å². The van der Waals surface area contributed by atoms with E-state index in [9.17, 15) is 0 Å². The molecular weight excluding hydrogens is 308 g/mol. The maximum atomic E-state index is 5.65. The van der Waals surface area contributed by atoms with Crippen molar-refractivity contribution >= 4 is 21.9 Å². The monoisotopic (exact) mass is 332 g/mol. The molecule has 0 amide bonds. The fourth-order valence-electron chi connectivity index (χ4n) is 3.74. The number of nitrogens with zero attached hydrogens (tertiary/aromatic N) is 2. The highest BCUT2D eigenvalue weighted by atomic mass is 16.5. The van der Waals surface area contributed by atoms with Crippen molar-refractivity contribution < 1.29 is 4.74 Å². The number of fused-ring (bicyclic) bond motifs is 3. The minimum Gasteiger partial charge on any atom is -0.361 e. The van der Waals surface area contributed by atoms with Gasteiger partial charge in [0, 0.05) is 35.1 Å². The van der Waals surface area contributed by atoms with E-state index < -0.39 is 0 Å². The Balaban J connectivity index is 1.75. The number of para-hydroxylation sites is 1. The lowest BCUT2D eigenvalue weighted by Gasteiger charge is -2.15. The number of hydrogen-bond donors (Lipinski definition) is 0. The van der Waals surface area contributed by atoms with Crippen LogP contribution in [0.3, 0.4) is 0 Å². The second-order valence-electron chi connectivity index (χ2n) is 6.77. The molecular formula is C22H24N2O. The van der Waals surface area contributed by atoms with Gasteiger partial charge in [0.1, 0.15) is 12.4 Å². The highest BCUT2D eigenvalue weighted by Crippen LogP contribution is 2.28. The average Bonchev–Trinajstić information content (AvgIpc) is 2.99. The zero-order chi connectivity index (χ0) is 17.1. The van der Waals surface area contributed by atoms with Gasteiger partial charge >= 0.3 is 0 Å². The molecule has 3 aromatic rings. The first-order chi connectivity index (χ1) is 12.4. The van der Waals surface area contributed by atoms with Crippen molar-refractivity contribution in [2.45, 2.75) is 45.8 Å². The summed E-state index contributed by atoms with van der Waals surface area (Å²) in [5.74, 6) is 7.40. The molecule has 1 saturated carbocycles. The van der Waals surface area contributed by atoms with Crippen molar-refractivity contribution in [2.24, 2.45) is 5.92 Å². The normalized spacial score (nSPS) is 15.4. The van der Waals surface area contributed by atoms with Crippen molar-refractivity contribution in [3.63, 3.8) is 0 Å². The van der Waals surface area contributed by atoms with Crippen LogP contribution in [0.5, 0.6) is 0 Å². The highest BCUT2D eigenvalue weighted by Gasteiger charge is 2.12. The zero-order valence-corrected chi connectivity index (χ0v) is 14.8. The third-order valence-electron chi connectivity index (χ3n) is 5.06. The van der Waals surface area contributed by atoms with Gasteiger partial charge in [-0.2, -0.15) is 0 Å². The summed E-state index contributed by atoms with van der Waals surface area (Å²) < 4.78 is 7.79. The Bertz CT molecular complexity index is 939. The Kier molecular flexibility index (Phi) is 4.72. The summed E-state index contributed by atoms with van der Waals surface area (Å²) in [6, 6.07) is 10.6. The summed E-state index contributed by atoms with van der Waals surface area (Å²) in [5.41, 5.74) is 3.14. The first-order valence-corrected chi connectivity index (χ1v) is 9.33. The molecule has 0 spiro atoms. The maximum Gasteiger partial charge on any atom is 0.142 e. The molecule has 128 valence electrons. The van der Waals surface area contributed by atoms with Crippen molar-refractivity contribution in [3.05, 3.63) is 42.1 Å². The number of aromatic nitrogens is 2. The third kappa shape index (κ3) is 3.27. The quantitative estimate of drug-likeness (QED) is 0.623.